The summed E-state index contributed by atoms with van der Waals surface area (Å²) in [7, 11) is -3.66. The van der Waals surface area contributed by atoms with E-state index in [0.29, 0.717) is 5.56 Å². The largest absolute Gasteiger partial charge is 0.322 e. The maximum absolute atomic E-state index is 12.7. The number of sulfonamides is 1. The Morgan fingerprint density at radius 1 is 1.07 bits per heavy atom. The topological polar surface area (TPSA) is 83.6 Å². The molecule has 2 amide bonds. The zero-order valence-electron chi connectivity index (χ0n) is 16.4. The van der Waals surface area contributed by atoms with Crippen LogP contribution in [0, 0.1) is 5.92 Å². The van der Waals surface area contributed by atoms with Gasteiger partial charge in [0.15, 0.2) is 0 Å². The smallest absolute Gasteiger partial charge is 0.255 e. The molecule has 2 aromatic rings. The van der Waals surface area contributed by atoms with Crippen LogP contribution in [0.25, 0.3) is 0 Å². The standard InChI is InChI=1S/C21H24N2O4S/c1-14-13-28(26,27)23(20(14)25)16-11-9-15(10-12-16)19(24)22-18-8-6-5-7-17(18)21(2,3)4/h5-12,14H,13H2,1-4H3,(H,22,24)/t14-/m0/s1. The third-order valence-corrected chi connectivity index (χ3v) is 6.58. The summed E-state index contributed by atoms with van der Waals surface area (Å²) < 4.78 is 25.2. The van der Waals surface area contributed by atoms with E-state index in [2.05, 4.69) is 26.1 Å². The number of benzene rings is 2. The van der Waals surface area contributed by atoms with Crippen LogP contribution in [0.2, 0.25) is 0 Å². The van der Waals surface area contributed by atoms with E-state index in [1.807, 2.05) is 24.3 Å². The average Bonchev–Trinajstić information content (AvgIpc) is 2.81. The molecule has 0 unspecified atom stereocenters. The van der Waals surface area contributed by atoms with E-state index in [-0.39, 0.29) is 22.8 Å². The quantitative estimate of drug-likeness (QED) is 0.854. The minimum Gasteiger partial charge on any atom is -0.322 e. The van der Waals surface area contributed by atoms with Gasteiger partial charge in [-0.1, -0.05) is 45.9 Å². The molecule has 1 heterocycles. The number of rotatable bonds is 3. The maximum Gasteiger partial charge on any atom is 0.255 e. The van der Waals surface area contributed by atoms with Crippen LogP contribution >= 0.6 is 0 Å². The lowest BCUT2D eigenvalue weighted by Gasteiger charge is -2.23. The van der Waals surface area contributed by atoms with Crippen molar-refractivity contribution in [2.75, 3.05) is 15.4 Å². The molecule has 1 saturated heterocycles. The van der Waals surface area contributed by atoms with Crippen molar-refractivity contribution in [3.05, 3.63) is 59.7 Å². The summed E-state index contributed by atoms with van der Waals surface area (Å²) in [6.45, 7) is 7.80. The van der Waals surface area contributed by atoms with Crippen molar-refractivity contribution < 1.29 is 18.0 Å². The first-order valence-electron chi connectivity index (χ1n) is 9.08. The molecule has 0 spiro atoms. The number of nitrogens with one attached hydrogen (secondary N) is 1. The normalized spacial score (nSPS) is 18.9. The molecule has 1 fully saturated rings. The monoisotopic (exact) mass is 400 g/mol. The van der Waals surface area contributed by atoms with Gasteiger partial charge in [0.25, 0.3) is 5.91 Å². The molecule has 1 aliphatic heterocycles. The molecule has 7 heteroatoms. The molecule has 0 aromatic heterocycles. The second-order valence-corrected chi connectivity index (χ2v) is 9.94. The van der Waals surface area contributed by atoms with E-state index in [9.17, 15) is 18.0 Å². The number of hydrogen-bond acceptors (Lipinski definition) is 4. The highest BCUT2D eigenvalue weighted by atomic mass is 32.2. The van der Waals surface area contributed by atoms with Crippen molar-refractivity contribution >= 4 is 33.2 Å². The van der Waals surface area contributed by atoms with Gasteiger partial charge in [-0.15, -0.1) is 0 Å². The molecule has 0 aliphatic carbocycles. The summed E-state index contributed by atoms with van der Waals surface area (Å²) in [5, 5.41) is 2.92. The van der Waals surface area contributed by atoms with Crippen molar-refractivity contribution in [1.29, 1.82) is 0 Å². The molecule has 28 heavy (non-hydrogen) atoms. The minimum atomic E-state index is -3.66. The van der Waals surface area contributed by atoms with Crippen molar-refractivity contribution in [2.45, 2.75) is 33.1 Å². The molecule has 0 saturated carbocycles. The predicted molar refractivity (Wildman–Crippen MR) is 110 cm³/mol. The Bertz CT molecular complexity index is 1020. The molecule has 1 atom stereocenters. The van der Waals surface area contributed by atoms with Gasteiger partial charge in [0.05, 0.1) is 17.4 Å². The van der Waals surface area contributed by atoms with Crippen LogP contribution in [0.3, 0.4) is 0 Å². The Kier molecular flexibility index (Phi) is 5.06. The van der Waals surface area contributed by atoms with E-state index in [4.69, 9.17) is 0 Å². The molecule has 0 bridgehead atoms. The zero-order chi connectivity index (χ0) is 20.7. The van der Waals surface area contributed by atoms with Gasteiger partial charge in [-0.3, -0.25) is 9.59 Å². The van der Waals surface area contributed by atoms with Gasteiger partial charge in [0, 0.05) is 11.3 Å². The zero-order valence-corrected chi connectivity index (χ0v) is 17.2. The number of nitrogens with zero attached hydrogens (tertiary/aromatic N) is 1. The third-order valence-electron chi connectivity index (χ3n) is 4.71. The van der Waals surface area contributed by atoms with Gasteiger partial charge in [-0.25, -0.2) is 12.7 Å². The molecule has 0 radical (unpaired) electrons. The molecular formula is C21H24N2O4S. The summed E-state index contributed by atoms with van der Waals surface area (Å²) in [6, 6.07) is 13.6. The average molecular weight is 401 g/mol. The summed E-state index contributed by atoms with van der Waals surface area (Å²) in [5.74, 6) is -1.51. The van der Waals surface area contributed by atoms with Crippen LogP contribution in [-0.4, -0.2) is 26.0 Å². The van der Waals surface area contributed by atoms with E-state index in [1.54, 1.807) is 6.92 Å². The molecular weight excluding hydrogens is 376 g/mol. The Labute approximate surface area is 165 Å². The number of amides is 2. The summed E-state index contributed by atoms with van der Waals surface area (Å²) in [5.41, 5.74) is 2.25. The lowest BCUT2D eigenvalue weighted by molar-refractivity contribution is -0.119. The summed E-state index contributed by atoms with van der Waals surface area (Å²) >= 11 is 0. The van der Waals surface area contributed by atoms with Crippen molar-refractivity contribution in [1.82, 2.24) is 0 Å². The van der Waals surface area contributed by atoms with Crippen LogP contribution < -0.4 is 9.62 Å². The van der Waals surface area contributed by atoms with Gasteiger partial charge in [0.2, 0.25) is 15.9 Å². The van der Waals surface area contributed by atoms with Crippen molar-refractivity contribution in [3.8, 4) is 0 Å². The number of carbonyl (C=O) groups excluding carboxylic acids is 2. The van der Waals surface area contributed by atoms with Crippen LogP contribution in [0.15, 0.2) is 48.5 Å². The molecule has 6 nitrogen and oxygen atoms in total. The SMILES string of the molecule is C[C@H]1CS(=O)(=O)N(c2ccc(C(=O)Nc3ccccc3C(C)(C)C)cc2)C1=O. The molecule has 2 aromatic carbocycles. The van der Waals surface area contributed by atoms with Crippen molar-refractivity contribution in [2.24, 2.45) is 5.92 Å². The van der Waals surface area contributed by atoms with Crippen LogP contribution in [-0.2, 0) is 20.2 Å². The fraction of sp³-hybridized carbons (Fsp3) is 0.333. The summed E-state index contributed by atoms with van der Waals surface area (Å²) in [6.07, 6.45) is 0. The first-order valence-corrected chi connectivity index (χ1v) is 10.7. The number of anilines is 2. The highest BCUT2D eigenvalue weighted by Gasteiger charge is 2.41. The number of carbonyl (C=O) groups is 2. The Balaban J connectivity index is 1.84. The molecule has 1 aliphatic rings. The second-order valence-electron chi connectivity index (χ2n) is 8.08. The maximum atomic E-state index is 12.7. The predicted octanol–water partition coefficient (Wildman–Crippen LogP) is 3.55. The highest BCUT2D eigenvalue weighted by molar-refractivity contribution is 7.94. The van der Waals surface area contributed by atoms with Gasteiger partial charge in [-0.2, -0.15) is 0 Å². The fourth-order valence-electron chi connectivity index (χ4n) is 3.28. The van der Waals surface area contributed by atoms with E-state index >= 15 is 0 Å². The fourth-order valence-corrected chi connectivity index (χ4v) is 5.10. The first-order chi connectivity index (χ1) is 13.0. The third kappa shape index (κ3) is 3.80. The van der Waals surface area contributed by atoms with Crippen molar-refractivity contribution in [3.63, 3.8) is 0 Å². The second kappa shape index (κ2) is 7.05. The summed E-state index contributed by atoms with van der Waals surface area (Å²) in [4.78, 5) is 24.8. The van der Waals surface area contributed by atoms with Gasteiger partial charge < -0.3 is 5.32 Å². The minimum absolute atomic E-state index is 0.130. The van der Waals surface area contributed by atoms with Crippen LogP contribution in [0.1, 0.15) is 43.6 Å². The lowest BCUT2D eigenvalue weighted by atomic mass is 9.86. The number of hydrogen-bond donors (Lipinski definition) is 1. The van der Waals surface area contributed by atoms with Gasteiger partial charge in [-0.05, 0) is 41.3 Å². The molecule has 148 valence electrons. The van der Waals surface area contributed by atoms with Crippen LogP contribution in [0.4, 0.5) is 11.4 Å². The van der Waals surface area contributed by atoms with Gasteiger partial charge in [0.1, 0.15) is 0 Å². The van der Waals surface area contributed by atoms with Gasteiger partial charge >= 0.3 is 0 Å². The Hall–Kier alpha value is -2.67. The molecule has 3 rings (SSSR count). The van der Waals surface area contributed by atoms with E-state index in [1.165, 1.54) is 24.3 Å². The van der Waals surface area contributed by atoms with E-state index < -0.39 is 21.8 Å². The Morgan fingerprint density at radius 2 is 1.68 bits per heavy atom. The first kappa shape index (κ1) is 20.1. The highest BCUT2D eigenvalue weighted by Crippen LogP contribution is 2.30. The van der Waals surface area contributed by atoms with E-state index in [0.717, 1.165) is 15.6 Å². The molecule has 1 N–H and O–H groups in total. The lowest BCUT2D eigenvalue weighted by Crippen LogP contribution is -2.30. The van der Waals surface area contributed by atoms with Crippen LogP contribution in [0.5, 0.6) is 0 Å². The Morgan fingerprint density at radius 3 is 2.21 bits per heavy atom. The number of para-hydroxylation sites is 1.